The van der Waals surface area contributed by atoms with Gasteiger partial charge in [0.2, 0.25) is 0 Å². The van der Waals surface area contributed by atoms with Gasteiger partial charge in [-0.1, -0.05) is 11.6 Å². The number of ether oxygens (including phenoxy) is 3. The third-order valence-electron chi connectivity index (χ3n) is 5.96. The predicted octanol–water partition coefficient (Wildman–Crippen LogP) is 2.18. The number of anilines is 2. The van der Waals surface area contributed by atoms with E-state index < -0.39 is 54.5 Å². The molecule has 3 heterocycles. The summed E-state index contributed by atoms with van der Waals surface area (Å²) in [6, 6.07) is 6.87. The molecule has 214 valence electrons. The van der Waals surface area contributed by atoms with Gasteiger partial charge in [-0.15, -0.1) is 11.3 Å². The highest BCUT2D eigenvalue weighted by Gasteiger charge is 2.38. The summed E-state index contributed by atoms with van der Waals surface area (Å²) in [5.41, 5.74) is 4.52. The van der Waals surface area contributed by atoms with E-state index in [4.69, 9.17) is 31.5 Å². The first-order valence-electron chi connectivity index (χ1n) is 12.1. The molecule has 1 aromatic heterocycles. The van der Waals surface area contributed by atoms with Crippen molar-refractivity contribution in [3.05, 3.63) is 45.4 Å². The number of esters is 1. The molecule has 2 aliphatic rings. The molecule has 2 fully saturated rings. The lowest BCUT2D eigenvalue weighted by molar-refractivity contribution is -0.155. The van der Waals surface area contributed by atoms with Crippen LogP contribution in [0, 0.1) is 5.82 Å². The second kappa shape index (κ2) is 11.9. The predicted molar refractivity (Wildman–Crippen MR) is 142 cm³/mol. The highest BCUT2D eigenvalue weighted by atomic mass is 35.5. The molecule has 0 spiro atoms. The molecule has 15 heteroatoms. The van der Waals surface area contributed by atoms with Crippen LogP contribution in [0.5, 0.6) is 0 Å². The fraction of sp³-hybridized carbons (Fsp3) is 0.400. The lowest BCUT2D eigenvalue weighted by Gasteiger charge is -2.27. The van der Waals surface area contributed by atoms with E-state index in [1.807, 2.05) is 0 Å². The Balaban J connectivity index is 1.49. The third kappa shape index (κ3) is 6.58. The van der Waals surface area contributed by atoms with Crippen LogP contribution in [0.1, 0.15) is 23.5 Å². The first-order chi connectivity index (χ1) is 18.8. The molecule has 0 unspecified atom stereocenters. The average Bonchev–Trinajstić information content (AvgIpc) is 3.49. The van der Waals surface area contributed by atoms with Crippen molar-refractivity contribution in [2.45, 2.75) is 25.5 Å². The van der Waals surface area contributed by atoms with E-state index in [0.717, 1.165) is 27.2 Å². The molecule has 0 saturated carbocycles. The SMILES string of the molecule is CC(C)(N)C(=O)OCC(=O)N(C[C@H]1CN(c2ccc(N3CCOCC3=O)cc2F)C(=O)O1)C(=O)c1ccc(Cl)s1. The van der Waals surface area contributed by atoms with Crippen LogP contribution in [0.25, 0.3) is 0 Å². The highest BCUT2D eigenvalue weighted by Crippen LogP contribution is 2.30. The Hall–Kier alpha value is -3.59. The number of cyclic esters (lactones) is 1. The number of rotatable bonds is 8. The van der Waals surface area contributed by atoms with Crippen LogP contribution in [-0.4, -0.2) is 85.8 Å². The highest BCUT2D eigenvalue weighted by molar-refractivity contribution is 7.18. The van der Waals surface area contributed by atoms with Crippen LogP contribution in [0.15, 0.2) is 30.3 Å². The van der Waals surface area contributed by atoms with E-state index in [0.29, 0.717) is 16.6 Å². The van der Waals surface area contributed by atoms with Crippen LogP contribution in [0.3, 0.4) is 0 Å². The fourth-order valence-electron chi connectivity index (χ4n) is 3.94. The van der Waals surface area contributed by atoms with Crippen molar-refractivity contribution < 1.29 is 42.6 Å². The van der Waals surface area contributed by atoms with Gasteiger partial charge in [0.25, 0.3) is 17.7 Å². The van der Waals surface area contributed by atoms with Gasteiger partial charge < -0.3 is 24.8 Å². The summed E-state index contributed by atoms with van der Waals surface area (Å²) in [6.07, 6.45) is -1.92. The van der Waals surface area contributed by atoms with Crippen LogP contribution < -0.4 is 15.5 Å². The van der Waals surface area contributed by atoms with Crippen LogP contribution in [0.2, 0.25) is 4.34 Å². The Kier molecular flexibility index (Phi) is 8.73. The number of halogens is 2. The molecule has 2 N–H and O–H groups in total. The van der Waals surface area contributed by atoms with Crippen molar-refractivity contribution in [1.82, 2.24) is 4.90 Å². The number of hydrogen-bond donors (Lipinski definition) is 1. The monoisotopic (exact) mass is 596 g/mol. The summed E-state index contributed by atoms with van der Waals surface area (Å²) in [7, 11) is 0. The van der Waals surface area contributed by atoms with E-state index in [1.54, 1.807) is 0 Å². The molecule has 1 atom stereocenters. The standard InChI is InChI=1S/C25H26ClFN4O8S/c1-25(2,28)23(35)38-13-21(33)31(22(34)18-5-6-19(26)40-18)11-15-10-30(24(36)39-15)17-4-3-14(9-16(17)27)29-7-8-37-12-20(29)32/h3-6,9,15H,7-8,10-13,28H2,1-2H3/t15-/m1/s1. The van der Waals surface area contributed by atoms with Gasteiger partial charge in [0, 0.05) is 12.2 Å². The number of carbonyl (C=O) groups is 5. The Morgan fingerprint density at radius 1 is 1.23 bits per heavy atom. The average molecular weight is 597 g/mol. The molecule has 2 saturated heterocycles. The zero-order valence-corrected chi connectivity index (χ0v) is 23.1. The summed E-state index contributed by atoms with van der Waals surface area (Å²) in [5.74, 6) is -3.58. The van der Waals surface area contributed by atoms with Gasteiger partial charge in [0.05, 0.1) is 34.6 Å². The number of benzene rings is 1. The van der Waals surface area contributed by atoms with Crippen molar-refractivity contribution in [2.24, 2.45) is 5.73 Å². The van der Waals surface area contributed by atoms with E-state index >= 15 is 4.39 Å². The summed E-state index contributed by atoms with van der Waals surface area (Å²) in [6.45, 7) is 1.87. The minimum atomic E-state index is -1.37. The van der Waals surface area contributed by atoms with Crippen molar-refractivity contribution >= 4 is 64.1 Å². The zero-order chi connectivity index (χ0) is 29.2. The van der Waals surface area contributed by atoms with Crippen molar-refractivity contribution in [1.29, 1.82) is 0 Å². The van der Waals surface area contributed by atoms with Gasteiger partial charge in [-0.25, -0.2) is 9.18 Å². The number of nitrogens with two attached hydrogens (primary N) is 1. The quantitative estimate of drug-likeness (QED) is 0.452. The molecule has 12 nitrogen and oxygen atoms in total. The van der Waals surface area contributed by atoms with E-state index in [9.17, 15) is 24.0 Å². The molecule has 0 radical (unpaired) electrons. The summed E-state index contributed by atoms with van der Waals surface area (Å²) in [5, 5.41) is 0. The maximum atomic E-state index is 15.1. The lowest BCUT2D eigenvalue weighted by Crippen LogP contribution is -2.47. The molecule has 1 aromatic carbocycles. The van der Waals surface area contributed by atoms with E-state index in [2.05, 4.69) is 0 Å². The number of nitrogens with zero attached hydrogens (tertiary/aromatic N) is 3. The Morgan fingerprint density at radius 3 is 2.60 bits per heavy atom. The Bertz CT molecular complexity index is 1350. The van der Waals surface area contributed by atoms with Gasteiger partial charge in [-0.05, 0) is 44.2 Å². The van der Waals surface area contributed by atoms with Crippen LogP contribution >= 0.6 is 22.9 Å². The van der Waals surface area contributed by atoms with Gasteiger partial charge in [0.15, 0.2) is 6.61 Å². The maximum absolute atomic E-state index is 15.1. The topological polar surface area (TPSA) is 149 Å². The number of morpholine rings is 1. The first-order valence-corrected chi connectivity index (χ1v) is 13.3. The number of carbonyl (C=O) groups excluding carboxylic acids is 5. The lowest BCUT2D eigenvalue weighted by atomic mass is 10.1. The van der Waals surface area contributed by atoms with Gasteiger partial charge in [0.1, 0.15) is 24.1 Å². The minimum absolute atomic E-state index is 0.106. The second-order valence-corrected chi connectivity index (χ2v) is 11.3. The summed E-state index contributed by atoms with van der Waals surface area (Å²) in [4.78, 5) is 66.3. The summed E-state index contributed by atoms with van der Waals surface area (Å²) >= 11 is 6.87. The number of amides is 4. The molecule has 0 bridgehead atoms. The fourth-order valence-corrected chi connectivity index (χ4v) is 4.93. The van der Waals surface area contributed by atoms with Crippen LogP contribution in [0.4, 0.5) is 20.6 Å². The summed E-state index contributed by atoms with van der Waals surface area (Å²) < 4.78 is 30.8. The molecule has 4 amide bonds. The van der Waals surface area contributed by atoms with Gasteiger partial charge in [-0.3, -0.25) is 29.0 Å². The van der Waals surface area contributed by atoms with E-state index in [-0.39, 0.29) is 36.2 Å². The molecule has 2 aromatic rings. The van der Waals surface area contributed by atoms with Crippen LogP contribution in [-0.2, 0) is 28.6 Å². The van der Waals surface area contributed by atoms with Crippen molar-refractivity contribution in [3.63, 3.8) is 0 Å². The normalized spacial score (nSPS) is 17.6. The number of thiophene rings is 1. The van der Waals surface area contributed by atoms with E-state index in [1.165, 1.54) is 43.0 Å². The van der Waals surface area contributed by atoms with Gasteiger partial charge in [-0.2, -0.15) is 0 Å². The molecular formula is C25H26ClFN4O8S. The largest absolute Gasteiger partial charge is 0.454 e. The maximum Gasteiger partial charge on any atom is 0.414 e. The smallest absolute Gasteiger partial charge is 0.414 e. The minimum Gasteiger partial charge on any atom is -0.454 e. The third-order valence-corrected chi connectivity index (χ3v) is 7.18. The number of imide groups is 1. The Morgan fingerprint density at radius 2 is 1.98 bits per heavy atom. The first kappa shape index (κ1) is 29.4. The molecule has 40 heavy (non-hydrogen) atoms. The van der Waals surface area contributed by atoms with Crippen molar-refractivity contribution in [3.8, 4) is 0 Å². The zero-order valence-electron chi connectivity index (χ0n) is 21.6. The second-order valence-electron chi connectivity index (χ2n) is 9.56. The number of hydrogen-bond acceptors (Lipinski definition) is 10. The molecule has 0 aliphatic carbocycles. The molecule has 2 aliphatic heterocycles. The Labute approximate surface area is 237 Å². The van der Waals surface area contributed by atoms with Crippen molar-refractivity contribution in [2.75, 3.05) is 49.3 Å². The molecular weight excluding hydrogens is 571 g/mol. The molecule has 4 rings (SSSR count). The van der Waals surface area contributed by atoms with Gasteiger partial charge >= 0.3 is 12.1 Å².